The number of fused-ring (bicyclic) bond motifs is 1. The maximum absolute atomic E-state index is 13.6. The van der Waals surface area contributed by atoms with Gasteiger partial charge in [-0.25, -0.2) is 0 Å². The minimum Gasteiger partial charge on any atom is -0.307 e. The van der Waals surface area contributed by atoms with E-state index in [9.17, 15) is 9.13 Å². The summed E-state index contributed by atoms with van der Waals surface area (Å²) < 4.78 is 49.2. The van der Waals surface area contributed by atoms with Gasteiger partial charge in [0.15, 0.2) is 0 Å². The standard InChI is InChI=1S/C18H31NO6P2/c1-5-22-26(20,23-6-2)18(27(21,24-7-3)25-8-4)19-17-14-13-15-11-9-10-12-16(15)17/h9-12,17-19H,5-8,13-14H2,1-4H3. The highest BCUT2D eigenvalue weighted by Gasteiger charge is 2.52. The first-order valence-corrected chi connectivity index (χ1v) is 12.8. The van der Waals surface area contributed by atoms with Gasteiger partial charge in [-0.2, -0.15) is 0 Å². The van der Waals surface area contributed by atoms with Crippen molar-refractivity contribution in [3.8, 4) is 0 Å². The van der Waals surface area contributed by atoms with Crippen LogP contribution < -0.4 is 5.32 Å². The summed E-state index contributed by atoms with van der Waals surface area (Å²) in [5.41, 5.74) is 1.13. The number of nitrogens with one attached hydrogen (secondary N) is 1. The second kappa shape index (κ2) is 10.3. The molecule has 1 aromatic rings. The Bertz CT molecular complexity index is 648. The lowest BCUT2D eigenvalue weighted by Gasteiger charge is -2.33. The molecule has 0 bridgehead atoms. The molecule has 0 heterocycles. The SMILES string of the molecule is CCOP(=O)(OCC)C(NC1CCc2ccccc21)P(=O)(OCC)OCC. The average Bonchev–Trinajstić information content (AvgIpc) is 3.03. The van der Waals surface area contributed by atoms with Crippen molar-refractivity contribution in [1.29, 1.82) is 0 Å². The zero-order valence-electron chi connectivity index (χ0n) is 16.6. The van der Waals surface area contributed by atoms with Crippen molar-refractivity contribution in [3.63, 3.8) is 0 Å². The van der Waals surface area contributed by atoms with Crippen molar-refractivity contribution in [3.05, 3.63) is 35.4 Å². The number of aryl methyl sites for hydroxylation is 1. The second-order valence-electron chi connectivity index (χ2n) is 6.08. The highest BCUT2D eigenvalue weighted by Crippen LogP contribution is 2.69. The van der Waals surface area contributed by atoms with Crippen molar-refractivity contribution in [2.45, 2.75) is 52.1 Å². The van der Waals surface area contributed by atoms with Crippen LogP contribution in [0.4, 0.5) is 0 Å². The summed E-state index contributed by atoms with van der Waals surface area (Å²) in [4.78, 5) is 0. The van der Waals surface area contributed by atoms with Gasteiger partial charge in [-0.3, -0.25) is 14.4 Å². The lowest BCUT2D eigenvalue weighted by atomic mass is 10.1. The van der Waals surface area contributed by atoms with E-state index in [1.54, 1.807) is 27.7 Å². The third-order valence-electron chi connectivity index (χ3n) is 4.32. The predicted molar refractivity (Wildman–Crippen MR) is 106 cm³/mol. The van der Waals surface area contributed by atoms with Crippen LogP contribution in [0.2, 0.25) is 0 Å². The molecule has 2 rings (SSSR count). The molecule has 0 saturated carbocycles. The summed E-state index contributed by atoms with van der Waals surface area (Å²) >= 11 is 0. The maximum atomic E-state index is 13.6. The fraction of sp³-hybridized carbons (Fsp3) is 0.667. The van der Waals surface area contributed by atoms with E-state index in [1.165, 1.54) is 5.56 Å². The van der Waals surface area contributed by atoms with Crippen LogP contribution in [0.3, 0.4) is 0 Å². The largest absolute Gasteiger partial charge is 0.359 e. The Kier molecular flexibility index (Phi) is 8.70. The quantitative estimate of drug-likeness (QED) is 0.473. The van der Waals surface area contributed by atoms with E-state index < -0.39 is 20.7 Å². The third kappa shape index (κ3) is 5.30. The minimum atomic E-state index is -3.80. The van der Waals surface area contributed by atoms with Crippen molar-refractivity contribution >= 4 is 15.2 Å². The average molecular weight is 419 g/mol. The fourth-order valence-electron chi connectivity index (χ4n) is 3.34. The van der Waals surface area contributed by atoms with E-state index in [0.717, 1.165) is 18.4 Å². The Morgan fingerprint density at radius 3 is 1.89 bits per heavy atom. The molecule has 1 unspecified atom stereocenters. The molecule has 0 aromatic heterocycles. The van der Waals surface area contributed by atoms with Gasteiger partial charge >= 0.3 is 15.2 Å². The third-order valence-corrected chi connectivity index (χ3v) is 9.98. The Hall–Kier alpha value is -0.520. The van der Waals surface area contributed by atoms with Gasteiger partial charge in [0.1, 0.15) is 0 Å². The van der Waals surface area contributed by atoms with Gasteiger partial charge in [0.05, 0.1) is 26.4 Å². The number of rotatable bonds is 12. The lowest BCUT2D eigenvalue weighted by Crippen LogP contribution is -2.34. The first-order chi connectivity index (χ1) is 12.9. The smallest absolute Gasteiger partial charge is 0.307 e. The normalized spacial score (nSPS) is 17.4. The van der Waals surface area contributed by atoms with Gasteiger partial charge in [0.25, 0.3) is 0 Å². The van der Waals surface area contributed by atoms with Crippen LogP contribution in [-0.2, 0) is 33.6 Å². The molecule has 0 amide bonds. The van der Waals surface area contributed by atoms with Crippen LogP contribution in [0.15, 0.2) is 24.3 Å². The first kappa shape index (κ1) is 22.8. The van der Waals surface area contributed by atoms with E-state index in [0.29, 0.717) is 0 Å². The summed E-state index contributed by atoms with van der Waals surface area (Å²) in [5.74, 6) is 0. The van der Waals surface area contributed by atoms with Crippen LogP contribution in [0.5, 0.6) is 0 Å². The van der Waals surface area contributed by atoms with Crippen LogP contribution >= 0.6 is 15.2 Å². The van der Waals surface area contributed by atoms with E-state index >= 15 is 0 Å². The molecule has 9 heteroatoms. The zero-order chi connectivity index (χ0) is 19.9. The van der Waals surface area contributed by atoms with E-state index in [4.69, 9.17) is 18.1 Å². The fourth-order valence-corrected chi connectivity index (χ4v) is 8.41. The number of hydrogen-bond acceptors (Lipinski definition) is 7. The minimum absolute atomic E-state index is 0.130. The summed E-state index contributed by atoms with van der Waals surface area (Å²) in [5, 5.41) is 3.27. The molecule has 7 nitrogen and oxygen atoms in total. The Balaban J connectivity index is 2.43. The highest BCUT2D eigenvalue weighted by atomic mass is 31.2. The Labute approximate surface area is 162 Å². The highest BCUT2D eigenvalue weighted by molar-refractivity contribution is 7.72. The molecule has 1 aromatic carbocycles. The molecule has 0 spiro atoms. The lowest BCUT2D eigenvalue weighted by molar-refractivity contribution is 0.187. The summed E-state index contributed by atoms with van der Waals surface area (Å²) in [6.45, 7) is 7.54. The predicted octanol–water partition coefficient (Wildman–Crippen LogP) is 5.08. The second-order valence-corrected chi connectivity index (χ2v) is 10.7. The molecule has 1 atom stereocenters. The Morgan fingerprint density at radius 1 is 0.926 bits per heavy atom. The molecular weight excluding hydrogens is 388 g/mol. The van der Waals surface area contributed by atoms with Crippen molar-refractivity contribution < 1.29 is 27.2 Å². The van der Waals surface area contributed by atoms with Gasteiger partial charge in [-0.05, 0) is 51.7 Å². The summed E-state index contributed by atoms with van der Waals surface area (Å²) in [7, 11) is -7.60. The van der Waals surface area contributed by atoms with Crippen molar-refractivity contribution in [2.75, 3.05) is 26.4 Å². The number of benzene rings is 1. The molecule has 0 radical (unpaired) electrons. The molecular formula is C18H31NO6P2. The Morgan fingerprint density at radius 2 is 1.41 bits per heavy atom. The van der Waals surface area contributed by atoms with Gasteiger partial charge in [0.2, 0.25) is 5.52 Å². The number of hydrogen-bond donors (Lipinski definition) is 1. The first-order valence-electron chi connectivity index (χ1n) is 9.55. The van der Waals surface area contributed by atoms with Gasteiger partial charge in [-0.1, -0.05) is 24.3 Å². The molecule has 27 heavy (non-hydrogen) atoms. The van der Waals surface area contributed by atoms with Gasteiger partial charge < -0.3 is 18.1 Å². The van der Waals surface area contributed by atoms with Gasteiger partial charge in [-0.15, -0.1) is 0 Å². The topological polar surface area (TPSA) is 83.1 Å². The molecule has 0 fully saturated rings. The summed E-state index contributed by atoms with van der Waals surface area (Å²) in [6.07, 6.45) is 1.69. The van der Waals surface area contributed by atoms with E-state index in [2.05, 4.69) is 11.4 Å². The maximum Gasteiger partial charge on any atom is 0.359 e. The monoisotopic (exact) mass is 419 g/mol. The van der Waals surface area contributed by atoms with Crippen LogP contribution in [0.25, 0.3) is 0 Å². The van der Waals surface area contributed by atoms with Crippen molar-refractivity contribution in [2.24, 2.45) is 0 Å². The van der Waals surface area contributed by atoms with Crippen molar-refractivity contribution in [1.82, 2.24) is 5.32 Å². The van der Waals surface area contributed by atoms with Gasteiger partial charge in [0, 0.05) is 6.04 Å². The molecule has 154 valence electrons. The van der Waals surface area contributed by atoms with E-state index in [-0.39, 0.29) is 32.5 Å². The van der Waals surface area contributed by atoms with Crippen LogP contribution in [0, 0.1) is 0 Å². The van der Waals surface area contributed by atoms with E-state index in [1.807, 2.05) is 18.2 Å². The zero-order valence-corrected chi connectivity index (χ0v) is 18.3. The van der Waals surface area contributed by atoms with Crippen LogP contribution in [0.1, 0.15) is 51.3 Å². The van der Waals surface area contributed by atoms with Crippen LogP contribution in [-0.4, -0.2) is 32.0 Å². The molecule has 1 aliphatic carbocycles. The molecule has 1 aliphatic rings. The summed E-state index contributed by atoms with van der Waals surface area (Å²) in [6, 6.07) is 7.92. The molecule has 0 aliphatic heterocycles. The molecule has 0 saturated heterocycles. The molecule has 1 N–H and O–H groups in total.